The molecule has 0 atom stereocenters. The Labute approximate surface area is 170 Å². The highest BCUT2D eigenvalue weighted by atomic mass is 32.3. The number of rotatable bonds is 7. The molecule has 2 aromatic rings. The average Bonchev–Trinajstić information content (AvgIpc) is 2.61. The van der Waals surface area contributed by atoms with Gasteiger partial charge in [-0.3, -0.25) is 0 Å². The van der Waals surface area contributed by atoms with Crippen molar-refractivity contribution >= 4 is 27.9 Å². The second-order valence-electron chi connectivity index (χ2n) is 5.95. The van der Waals surface area contributed by atoms with E-state index in [1.807, 2.05) is 0 Å². The van der Waals surface area contributed by atoms with Gasteiger partial charge < -0.3 is 9.84 Å². The lowest BCUT2D eigenvalue weighted by Crippen LogP contribution is -2.25. The maximum Gasteiger partial charge on any atom is 0.573 e. The van der Waals surface area contributed by atoms with Gasteiger partial charge in [0.25, 0.3) is 10.0 Å². The highest BCUT2D eigenvalue weighted by Gasteiger charge is 2.31. The molecular weight excluding hydrogens is 431 g/mol. The third-order valence-electron chi connectivity index (χ3n) is 3.96. The van der Waals surface area contributed by atoms with Crippen molar-refractivity contribution in [3.8, 4) is 5.75 Å². The molecule has 0 bridgehead atoms. The molecular formula is C18H18F3NO5S2. The molecule has 2 rings (SSSR count). The lowest BCUT2D eigenvalue weighted by Gasteiger charge is -2.20. The Hall–Kier alpha value is -2.24. The van der Waals surface area contributed by atoms with Crippen molar-refractivity contribution in [1.82, 2.24) is 3.71 Å². The van der Waals surface area contributed by atoms with E-state index in [1.54, 1.807) is 20.8 Å². The Morgan fingerprint density at radius 3 is 2.24 bits per heavy atom. The van der Waals surface area contributed by atoms with Crippen molar-refractivity contribution in [2.24, 2.45) is 0 Å². The van der Waals surface area contributed by atoms with Gasteiger partial charge in [-0.05, 0) is 73.3 Å². The number of carbonyl (C=O) groups is 1. The van der Waals surface area contributed by atoms with Gasteiger partial charge in [-0.2, -0.15) is 0 Å². The van der Waals surface area contributed by atoms with Crippen LogP contribution < -0.4 is 4.74 Å². The maximum absolute atomic E-state index is 13.0. The van der Waals surface area contributed by atoms with E-state index in [9.17, 15) is 31.5 Å². The molecule has 0 amide bonds. The van der Waals surface area contributed by atoms with Crippen LogP contribution in [0.2, 0.25) is 0 Å². The summed E-state index contributed by atoms with van der Waals surface area (Å²) in [6.07, 6.45) is -4.82. The second kappa shape index (κ2) is 8.64. The van der Waals surface area contributed by atoms with E-state index in [0.29, 0.717) is 16.0 Å². The van der Waals surface area contributed by atoms with Crippen molar-refractivity contribution in [3.63, 3.8) is 0 Å². The molecule has 0 unspecified atom stereocenters. The van der Waals surface area contributed by atoms with E-state index in [4.69, 9.17) is 0 Å². The molecule has 0 aliphatic carbocycles. The Kier molecular flexibility index (Phi) is 6.86. The van der Waals surface area contributed by atoms with E-state index in [0.717, 1.165) is 33.9 Å². The number of halogens is 3. The van der Waals surface area contributed by atoms with E-state index in [-0.39, 0.29) is 17.0 Å². The number of ether oxygens (including phenoxy) is 1. The first kappa shape index (κ1) is 23.0. The van der Waals surface area contributed by atoms with Gasteiger partial charge in [0.1, 0.15) is 5.75 Å². The third kappa shape index (κ3) is 5.64. The van der Waals surface area contributed by atoms with Crippen LogP contribution in [0.25, 0.3) is 0 Å². The zero-order chi connectivity index (χ0) is 22.0. The first-order chi connectivity index (χ1) is 13.3. The van der Waals surface area contributed by atoms with Crippen LogP contribution in [0, 0.1) is 13.8 Å². The van der Waals surface area contributed by atoms with Crippen LogP contribution in [0.1, 0.15) is 28.4 Å². The highest BCUT2D eigenvalue weighted by Crippen LogP contribution is 2.32. The summed E-state index contributed by atoms with van der Waals surface area (Å²) in [5, 5.41) is 9.31. The smallest absolute Gasteiger partial charge is 0.478 e. The van der Waals surface area contributed by atoms with E-state index in [2.05, 4.69) is 4.74 Å². The van der Waals surface area contributed by atoms with Gasteiger partial charge in [-0.1, -0.05) is 6.92 Å². The standard InChI is InChI=1S/C18H18F3NO5S2/c1-4-22(28-14-7-5-13(6-8-14)27-18(19,20)21)29(25,26)15-9-11(2)12(3)16(10-15)17(23)24/h5-10H,4H2,1-3H3,(H,23,24). The molecule has 0 aliphatic rings. The molecule has 29 heavy (non-hydrogen) atoms. The molecule has 158 valence electrons. The first-order valence-electron chi connectivity index (χ1n) is 8.26. The number of carboxylic acids is 1. The first-order valence-corrected chi connectivity index (χ1v) is 10.5. The number of carboxylic acid groups (broad SMARTS) is 1. The number of sulfonamides is 1. The molecule has 0 heterocycles. The van der Waals surface area contributed by atoms with Crippen LogP contribution >= 0.6 is 11.9 Å². The molecule has 2 aromatic carbocycles. The molecule has 0 aliphatic heterocycles. The van der Waals surface area contributed by atoms with Gasteiger partial charge in [0.05, 0.1) is 10.5 Å². The molecule has 11 heteroatoms. The number of aryl methyl sites for hydroxylation is 1. The summed E-state index contributed by atoms with van der Waals surface area (Å²) in [7, 11) is -4.06. The lowest BCUT2D eigenvalue weighted by molar-refractivity contribution is -0.274. The SMILES string of the molecule is CCN(Sc1ccc(OC(F)(F)F)cc1)S(=O)(=O)c1cc(C)c(C)c(C(=O)O)c1. The van der Waals surface area contributed by atoms with Gasteiger partial charge in [-0.15, -0.1) is 16.9 Å². The summed E-state index contributed by atoms with van der Waals surface area (Å²) in [6.45, 7) is 4.84. The molecule has 0 radical (unpaired) electrons. The van der Waals surface area contributed by atoms with Gasteiger partial charge in [0.2, 0.25) is 0 Å². The number of benzene rings is 2. The fourth-order valence-corrected chi connectivity index (χ4v) is 5.12. The van der Waals surface area contributed by atoms with Crippen molar-refractivity contribution in [2.75, 3.05) is 6.54 Å². The Morgan fingerprint density at radius 2 is 1.76 bits per heavy atom. The summed E-state index contributed by atoms with van der Waals surface area (Å²) in [5.74, 6) is -1.66. The maximum atomic E-state index is 13.0. The second-order valence-corrected chi connectivity index (χ2v) is 9.14. The van der Waals surface area contributed by atoms with Crippen LogP contribution in [0.4, 0.5) is 13.2 Å². The minimum absolute atomic E-state index is 0.0448. The quantitative estimate of drug-likeness (QED) is 0.621. The van der Waals surface area contributed by atoms with Gasteiger partial charge in [0, 0.05) is 11.4 Å². The minimum atomic E-state index is -4.82. The topological polar surface area (TPSA) is 83.9 Å². The van der Waals surface area contributed by atoms with Gasteiger partial charge >= 0.3 is 12.3 Å². The highest BCUT2D eigenvalue weighted by molar-refractivity contribution is 8.08. The molecule has 0 aromatic heterocycles. The zero-order valence-electron chi connectivity index (χ0n) is 15.6. The largest absolute Gasteiger partial charge is 0.573 e. The molecule has 1 N–H and O–H groups in total. The number of alkyl halides is 3. The fraction of sp³-hybridized carbons (Fsp3) is 0.278. The van der Waals surface area contributed by atoms with Crippen molar-refractivity contribution in [2.45, 2.75) is 36.9 Å². The molecule has 0 fully saturated rings. The summed E-state index contributed by atoms with van der Waals surface area (Å²) in [4.78, 5) is 11.6. The number of hydrogen-bond donors (Lipinski definition) is 1. The number of hydrogen-bond acceptors (Lipinski definition) is 5. The van der Waals surface area contributed by atoms with Crippen LogP contribution in [-0.2, 0) is 10.0 Å². The van der Waals surface area contributed by atoms with Crippen LogP contribution in [0.3, 0.4) is 0 Å². The molecule has 0 saturated heterocycles. The Morgan fingerprint density at radius 1 is 1.17 bits per heavy atom. The van der Waals surface area contributed by atoms with Gasteiger partial charge in [0.15, 0.2) is 0 Å². The van der Waals surface area contributed by atoms with Crippen molar-refractivity contribution in [1.29, 1.82) is 0 Å². The Balaban J connectivity index is 2.32. The van der Waals surface area contributed by atoms with Gasteiger partial charge in [-0.25, -0.2) is 13.2 Å². The van der Waals surface area contributed by atoms with E-state index < -0.39 is 28.1 Å². The van der Waals surface area contributed by atoms with Crippen molar-refractivity contribution in [3.05, 3.63) is 53.1 Å². The normalized spacial score (nSPS) is 12.2. The summed E-state index contributed by atoms with van der Waals surface area (Å²) >= 11 is 0.803. The van der Waals surface area contributed by atoms with Crippen LogP contribution in [0.5, 0.6) is 5.75 Å². The molecule has 0 spiro atoms. The predicted molar refractivity (Wildman–Crippen MR) is 101 cm³/mol. The monoisotopic (exact) mass is 449 g/mol. The predicted octanol–water partition coefficient (Wildman–Crippen LogP) is 4.62. The summed E-state index contributed by atoms with van der Waals surface area (Å²) in [5.41, 5.74) is 0.865. The average molecular weight is 449 g/mol. The van der Waals surface area contributed by atoms with E-state index >= 15 is 0 Å². The summed E-state index contributed by atoms with van der Waals surface area (Å²) in [6, 6.07) is 7.24. The van der Waals surface area contributed by atoms with Crippen LogP contribution in [0.15, 0.2) is 46.2 Å². The minimum Gasteiger partial charge on any atom is -0.478 e. The van der Waals surface area contributed by atoms with Crippen molar-refractivity contribution < 1.29 is 36.2 Å². The lowest BCUT2D eigenvalue weighted by atomic mass is 10.0. The molecule has 0 saturated carbocycles. The molecule has 6 nitrogen and oxygen atoms in total. The summed E-state index contributed by atoms with van der Waals surface area (Å²) < 4.78 is 67.5. The fourth-order valence-electron chi connectivity index (χ4n) is 2.42. The zero-order valence-corrected chi connectivity index (χ0v) is 17.3. The third-order valence-corrected chi connectivity index (χ3v) is 7.34. The number of nitrogens with zero attached hydrogens (tertiary/aromatic N) is 1. The number of aromatic carboxylic acids is 1. The Bertz CT molecular complexity index is 1010. The van der Waals surface area contributed by atoms with E-state index in [1.165, 1.54) is 18.2 Å². The van der Waals surface area contributed by atoms with Crippen LogP contribution in [-0.4, -0.2) is 36.1 Å².